The van der Waals surface area contributed by atoms with E-state index in [-0.39, 0.29) is 24.3 Å². The molecule has 0 bridgehead atoms. The van der Waals surface area contributed by atoms with E-state index in [2.05, 4.69) is 15.6 Å². The van der Waals surface area contributed by atoms with Crippen molar-refractivity contribution in [3.8, 4) is 0 Å². The van der Waals surface area contributed by atoms with Crippen molar-refractivity contribution in [3.63, 3.8) is 0 Å². The fraction of sp³-hybridized carbons (Fsp3) is 0.462. The normalized spacial score (nSPS) is 10.1. The molecule has 1 heterocycles. The van der Waals surface area contributed by atoms with Crippen molar-refractivity contribution in [2.24, 2.45) is 5.73 Å². The first-order chi connectivity index (χ1) is 9.56. The first-order valence-electron chi connectivity index (χ1n) is 6.51. The van der Waals surface area contributed by atoms with E-state index >= 15 is 0 Å². The van der Waals surface area contributed by atoms with Crippen LogP contribution in [0.2, 0.25) is 0 Å². The number of pyridine rings is 1. The van der Waals surface area contributed by atoms with Gasteiger partial charge in [0.1, 0.15) is 0 Å². The molecular weight excluding hydrogens is 263 g/mol. The second-order valence-corrected chi connectivity index (χ2v) is 4.27. The summed E-state index contributed by atoms with van der Waals surface area (Å²) in [7, 11) is 0. The molecular formula is C13H19FN4O2. The monoisotopic (exact) mass is 282 g/mol. The maximum atomic E-state index is 14.0. The van der Waals surface area contributed by atoms with E-state index < -0.39 is 17.6 Å². The standard InChI is InChI=1S/C13H19FN4O2/c1-2-6-16-12-11(14)9(5-8-17-12)13(20)18-7-3-4-10(15)19/h5,8H,2-4,6-7H2,1H3,(H2,15,19)(H,16,17)(H,18,20). The quantitative estimate of drug-likeness (QED) is 0.620. The summed E-state index contributed by atoms with van der Waals surface area (Å²) in [5.41, 5.74) is 4.91. The van der Waals surface area contributed by atoms with Crippen LogP contribution in [-0.2, 0) is 4.79 Å². The van der Waals surface area contributed by atoms with Crippen LogP contribution in [0.15, 0.2) is 12.3 Å². The van der Waals surface area contributed by atoms with Crippen LogP contribution in [0.5, 0.6) is 0 Å². The number of nitrogens with zero attached hydrogens (tertiary/aromatic N) is 1. The van der Waals surface area contributed by atoms with Crippen molar-refractivity contribution < 1.29 is 14.0 Å². The second kappa shape index (κ2) is 8.08. The van der Waals surface area contributed by atoms with E-state index in [0.717, 1.165) is 6.42 Å². The Labute approximate surface area is 116 Å². The van der Waals surface area contributed by atoms with Gasteiger partial charge in [-0.15, -0.1) is 0 Å². The molecule has 0 aliphatic rings. The Kier molecular flexibility index (Phi) is 6.42. The van der Waals surface area contributed by atoms with Gasteiger partial charge < -0.3 is 16.4 Å². The highest BCUT2D eigenvalue weighted by Crippen LogP contribution is 2.14. The van der Waals surface area contributed by atoms with Crippen LogP contribution >= 0.6 is 0 Å². The van der Waals surface area contributed by atoms with Gasteiger partial charge in [0.2, 0.25) is 5.91 Å². The highest BCUT2D eigenvalue weighted by molar-refractivity contribution is 5.95. The molecule has 110 valence electrons. The molecule has 20 heavy (non-hydrogen) atoms. The van der Waals surface area contributed by atoms with E-state index in [4.69, 9.17) is 5.73 Å². The summed E-state index contributed by atoms with van der Waals surface area (Å²) in [6, 6.07) is 1.32. The summed E-state index contributed by atoms with van der Waals surface area (Å²) in [4.78, 5) is 26.2. The fourth-order valence-corrected chi connectivity index (χ4v) is 1.55. The molecule has 0 aliphatic carbocycles. The molecule has 0 spiro atoms. The first-order valence-corrected chi connectivity index (χ1v) is 6.51. The molecule has 0 aromatic carbocycles. The third-order valence-corrected chi connectivity index (χ3v) is 2.56. The molecule has 4 N–H and O–H groups in total. The Morgan fingerprint density at radius 3 is 2.80 bits per heavy atom. The number of carbonyl (C=O) groups is 2. The molecule has 1 rings (SSSR count). The number of halogens is 1. The largest absolute Gasteiger partial charge is 0.370 e. The zero-order valence-corrected chi connectivity index (χ0v) is 11.4. The molecule has 1 aromatic rings. The summed E-state index contributed by atoms with van der Waals surface area (Å²) >= 11 is 0. The van der Waals surface area contributed by atoms with Crippen molar-refractivity contribution in [1.29, 1.82) is 0 Å². The second-order valence-electron chi connectivity index (χ2n) is 4.27. The zero-order chi connectivity index (χ0) is 15.0. The predicted molar refractivity (Wildman–Crippen MR) is 73.7 cm³/mol. The van der Waals surface area contributed by atoms with Gasteiger partial charge in [-0.1, -0.05) is 6.92 Å². The molecule has 7 heteroatoms. The van der Waals surface area contributed by atoms with Crippen LogP contribution in [0.25, 0.3) is 0 Å². The number of amides is 2. The minimum Gasteiger partial charge on any atom is -0.370 e. The van der Waals surface area contributed by atoms with E-state index in [0.29, 0.717) is 13.0 Å². The van der Waals surface area contributed by atoms with Gasteiger partial charge in [-0.3, -0.25) is 9.59 Å². The zero-order valence-electron chi connectivity index (χ0n) is 11.4. The highest BCUT2D eigenvalue weighted by Gasteiger charge is 2.15. The van der Waals surface area contributed by atoms with Gasteiger partial charge in [-0.05, 0) is 18.9 Å². The van der Waals surface area contributed by atoms with E-state index in [1.807, 2.05) is 6.92 Å². The van der Waals surface area contributed by atoms with E-state index in [1.54, 1.807) is 0 Å². The lowest BCUT2D eigenvalue weighted by Crippen LogP contribution is -2.26. The maximum Gasteiger partial charge on any atom is 0.254 e. The van der Waals surface area contributed by atoms with Gasteiger partial charge in [0, 0.05) is 25.7 Å². The van der Waals surface area contributed by atoms with Crippen LogP contribution < -0.4 is 16.4 Å². The number of aromatic nitrogens is 1. The summed E-state index contributed by atoms with van der Waals surface area (Å²) in [6.07, 6.45) is 2.81. The van der Waals surface area contributed by atoms with Crippen molar-refractivity contribution in [2.75, 3.05) is 18.4 Å². The molecule has 0 saturated heterocycles. The number of hydrogen-bond acceptors (Lipinski definition) is 4. The maximum absolute atomic E-state index is 14.0. The van der Waals surface area contributed by atoms with E-state index in [1.165, 1.54) is 12.3 Å². The molecule has 1 aromatic heterocycles. The van der Waals surface area contributed by atoms with Gasteiger partial charge in [0.05, 0.1) is 5.56 Å². The molecule has 0 saturated carbocycles. The molecule has 6 nitrogen and oxygen atoms in total. The number of hydrogen-bond donors (Lipinski definition) is 3. The van der Waals surface area contributed by atoms with Crippen LogP contribution in [0.3, 0.4) is 0 Å². The van der Waals surface area contributed by atoms with Crippen molar-refractivity contribution in [2.45, 2.75) is 26.2 Å². The number of nitrogens with two attached hydrogens (primary N) is 1. The van der Waals surface area contributed by atoms with Gasteiger partial charge in [0.25, 0.3) is 5.91 Å². The Balaban J connectivity index is 2.61. The topological polar surface area (TPSA) is 97.1 Å². The minimum atomic E-state index is -0.673. The average Bonchev–Trinajstić information content (AvgIpc) is 2.42. The fourth-order valence-electron chi connectivity index (χ4n) is 1.55. The van der Waals surface area contributed by atoms with Crippen molar-refractivity contribution >= 4 is 17.6 Å². The molecule has 0 aliphatic heterocycles. The lowest BCUT2D eigenvalue weighted by atomic mass is 10.2. The van der Waals surface area contributed by atoms with Gasteiger partial charge >= 0.3 is 0 Å². The summed E-state index contributed by atoms with van der Waals surface area (Å²) in [6.45, 7) is 2.79. The number of nitrogens with one attached hydrogen (secondary N) is 2. The van der Waals surface area contributed by atoms with Gasteiger partial charge in [-0.2, -0.15) is 0 Å². The van der Waals surface area contributed by atoms with Crippen LogP contribution in [0, 0.1) is 5.82 Å². The Hall–Kier alpha value is -2.18. The van der Waals surface area contributed by atoms with E-state index in [9.17, 15) is 14.0 Å². The van der Waals surface area contributed by atoms with Crippen LogP contribution in [0.1, 0.15) is 36.5 Å². The summed E-state index contributed by atoms with van der Waals surface area (Å²) in [5, 5.41) is 5.35. The Bertz CT molecular complexity index is 479. The average molecular weight is 282 g/mol. The third kappa shape index (κ3) is 4.83. The first kappa shape index (κ1) is 15.9. The van der Waals surface area contributed by atoms with Crippen LogP contribution in [0.4, 0.5) is 10.2 Å². The Morgan fingerprint density at radius 1 is 1.40 bits per heavy atom. The van der Waals surface area contributed by atoms with Crippen molar-refractivity contribution in [3.05, 3.63) is 23.6 Å². The lowest BCUT2D eigenvalue weighted by Gasteiger charge is -2.09. The number of anilines is 1. The van der Waals surface area contributed by atoms with Crippen molar-refractivity contribution in [1.82, 2.24) is 10.3 Å². The summed E-state index contributed by atoms with van der Waals surface area (Å²) in [5.74, 6) is -1.57. The predicted octanol–water partition coefficient (Wildman–Crippen LogP) is 1.04. The van der Waals surface area contributed by atoms with Gasteiger partial charge in [-0.25, -0.2) is 9.37 Å². The molecule has 0 fully saturated rings. The lowest BCUT2D eigenvalue weighted by molar-refractivity contribution is -0.118. The number of rotatable bonds is 8. The molecule has 0 radical (unpaired) electrons. The van der Waals surface area contributed by atoms with Gasteiger partial charge in [0.15, 0.2) is 11.6 Å². The third-order valence-electron chi connectivity index (χ3n) is 2.56. The molecule has 0 atom stereocenters. The highest BCUT2D eigenvalue weighted by atomic mass is 19.1. The number of primary amides is 1. The number of carbonyl (C=O) groups excluding carboxylic acids is 2. The smallest absolute Gasteiger partial charge is 0.254 e. The molecule has 0 unspecified atom stereocenters. The summed E-state index contributed by atoms with van der Waals surface area (Å²) < 4.78 is 14.0. The molecule has 2 amide bonds. The Morgan fingerprint density at radius 2 is 2.15 bits per heavy atom. The van der Waals surface area contributed by atoms with Crippen LogP contribution in [-0.4, -0.2) is 29.9 Å². The minimum absolute atomic E-state index is 0.0663. The SMILES string of the molecule is CCCNc1nccc(C(=O)NCCCC(N)=O)c1F.